The van der Waals surface area contributed by atoms with Gasteiger partial charge in [-0.1, -0.05) is 48.0 Å². The van der Waals surface area contributed by atoms with Gasteiger partial charge in [-0.2, -0.15) is 4.31 Å². The van der Waals surface area contributed by atoms with E-state index in [4.69, 9.17) is 4.74 Å². The number of sulfonamides is 1. The Hall–Kier alpha value is -2.18. The summed E-state index contributed by atoms with van der Waals surface area (Å²) in [7, 11) is -0.999. The highest BCUT2D eigenvalue weighted by atomic mass is 32.2. The number of rotatable bonds is 6. The van der Waals surface area contributed by atoms with Crippen LogP contribution in [0.5, 0.6) is 0 Å². The maximum Gasteiger partial charge on any atom is 0.313 e. The van der Waals surface area contributed by atoms with Crippen molar-refractivity contribution in [3.05, 3.63) is 65.7 Å². The predicted octanol–water partition coefficient (Wildman–Crippen LogP) is 3.56. The van der Waals surface area contributed by atoms with Crippen LogP contribution in [0.4, 0.5) is 0 Å². The minimum absolute atomic E-state index is 0.187. The maximum atomic E-state index is 13.2. The molecule has 0 radical (unpaired) electrons. The Morgan fingerprint density at radius 1 is 1.04 bits per heavy atom. The Labute approximate surface area is 155 Å². The summed E-state index contributed by atoms with van der Waals surface area (Å²) >= 11 is 0. The molecule has 0 saturated carbocycles. The molecule has 0 N–H and O–H groups in total. The van der Waals surface area contributed by atoms with E-state index in [1.165, 1.54) is 18.5 Å². The van der Waals surface area contributed by atoms with Gasteiger partial charge in [-0.3, -0.25) is 4.79 Å². The molecule has 0 aromatic heterocycles. The van der Waals surface area contributed by atoms with E-state index in [-0.39, 0.29) is 4.90 Å². The molecule has 0 bridgehead atoms. The van der Waals surface area contributed by atoms with E-state index in [2.05, 4.69) is 0 Å². The molecule has 0 spiro atoms. The third kappa shape index (κ3) is 3.81. The fourth-order valence-corrected chi connectivity index (χ4v) is 4.58. The van der Waals surface area contributed by atoms with E-state index in [1.807, 2.05) is 37.3 Å². The second kappa shape index (κ2) is 7.60. The minimum atomic E-state index is -3.80. The first-order valence-electron chi connectivity index (χ1n) is 8.30. The first kappa shape index (κ1) is 20.1. The van der Waals surface area contributed by atoms with Gasteiger partial charge in [0.25, 0.3) is 0 Å². The number of esters is 1. The predicted molar refractivity (Wildman–Crippen MR) is 101 cm³/mol. The Kier molecular flexibility index (Phi) is 5.88. The lowest BCUT2D eigenvalue weighted by Crippen LogP contribution is -2.44. The van der Waals surface area contributed by atoms with Crippen molar-refractivity contribution in [3.8, 4) is 0 Å². The Balaban J connectivity index is 2.58. The normalized spacial score (nSPS) is 13.5. The molecule has 5 nitrogen and oxygen atoms in total. The van der Waals surface area contributed by atoms with E-state index in [9.17, 15) is 13.2 Å². The molecular weight excluding hydrogens is 350 g/mol. The van der Waals surface area contributed by atoms with E-state index in [0.29, 0.717) is 0 Å². The number of ether oxygens (including phenoxy) is 1. The summed E-state index contributed by atoms with van der Waals surface area (Å²) in [5, 5.41) is 0. The van der Waals surface area contributed by atoms with Crippen LogP contribution >= 0.6 is 0 Å². The molecule has 26 heavy (non-hydrogen) atoms. The molecule has 0 fully saturated rings. The molecule has 2 aromatic carbocycles. The van der Waals surface area contributed by atoms with Crippen LogP contribution in [-0.2, 0) is 19.6 Å². The molecule has 1 atom stereocenters. The van der Waals surface area contributed by atoms with Gasteiger partial charge in [0, 0.05) is 7.05 Å². The van der Waals surface area contributed by atoms with Gasteiger partial charge in [0.05, 0.1) is 23.5 Å². The first-order chi connectivity index (χ1) is 12.1. The van der Waals surface area contributed by atoms with Gasteiger partial charge in [-0.15, -0.1) is 0 Å². The summed E-state index contributed by atoms with van der Waals surface area (Å²) in [5.41, 5.74) is 0.616. The van der Waals surface area contributed by atoms with Crippen LogP contribution in [0.15, 0.2) is 59.5 Å². The molecule has 140 valence electrons. The van der Waals surface area contributed by atoms with Crippen LogP contribution in [0.3, 0.4) is 0 Å². The zero-order valence-corrected chi connectivity index (χ0v) is 16.6. The SMILES string of the molecule is COC(=O)C(C)(C)C(c1ccccc1)N(C)S(=O)(=O)c1ccc(C)cc1. The lowest BCUT2D eigenvalue weighted by molar-refractivity contribution is -0.153. The quantitative estimate of drug-likeness (QED) is 0.724. The van der Waals surface area contributed by atoms with Crippen LogP contribution < -0.4 is 0 Å². The van der Waals surface area contributed by atoms with Crippen molar-refractivity contribution in [1.82, 2.24) is 4.31 Å². The van der Waals surface area contributed by atoms with Gasteiger partial charge in [-0.25, -0.2) is 8.42 Å². The third-order valence-electron chi connectivity index (χ3n) is 4.57. The van der Waals surface area contributed by atoms with Crippen molar-refractivity contribution >= 4 is 16.0 Å². The fourth-order valence-electron chi connectivity index (χ4n) is 3.11. The topological polar surface area (TPSA) is 63.7 Å². The zero-order valence-electron chi connectivity index (χ0n) is 15.8. The van der Waals surface area contributed by atoms with E-state index in [1.54, 1.807) is 38.1 Å². The number of methoxy groups -OCH3 is 1. The molecule has 0 aliphatic rings. The zero-order chi connectivity index (χ0) is 19.5. The molecule has 2 rings (SSSR count). The van der Waals surface area contributed by atoms with Gasteiger partial charge in [-0.05, 0) is 38.5 Å². The summed E-state index contributed by atoms with van der Waals surface area (Å²) in [6.07, 6.45) is 0. The molecule has 2 aromatic rings. The molecular formula is C20H25NO4S. The summed E-state index contributed by atoms with van der Waals surface area (Å²) in [5.74, 6) is -0.475. The Morgan fingerprint density at radius 2 is 1.58 bits per heavy atom. The maximum absolute atomic E-state index is 13.2. The molecule has 0 aliphatic heterocycles. The summed E-state index contributed by atoms with van der Waals surface area (Å²) < 4.78 is 32.6. The lowest BCUT2D eigenvalue weighted by Gasteiger charge is -2.38. The number of hydrogen-bond acceptors (Lipinski definition) is 4. The fraction of sp³-hybridized carbons (Fsp3) is 0.350. The second-order valence-electron chi connectivity index (χ2n) is 6.86. The van der Waals surface area contributed by atoms with Gasteiger partial charge in [0.2, 0.25) is 10.0 Å². The molecule has 6 heteroatoms. The smallest absolute Gasteiger partial charge is 0.313 e. The molecule has 0 aliphatic carbocycles. The molecule has 0 amide bonds. The third-order valence-corrected chi connectivity index (χ3v) is 6.41. The molecule has 1 unspecified atom stereocenters. The van der Waals surface area contributed by atoms with Crippen molar-refractivity contribution in [3.63, 3.8) is 0 Å². The number of aryl methyl sites for hydroxylation is 1. The highest BCUT2D eigenvalue weighted by Gasteiger charge is 2.45. The van der Waals surface area contributed by atoms with Crippen molar-refractivity contribution in [2.24, 2.45) is 5.41 Å². The van der Waals surface area contributed by atoms with E-state index < -0.39 is 27.4 Å². The standard InChI is InChI=1S/C20H25NO4S/c1-15-11-13-17(14-12-15)26(23,24)21(4)18(16-9-7-6-8-10-16)20(2,3)19(22)25-5/h6-14,18H,1-5H3. The van der Waals surface area contributed by atoms with Crippen LogP contribution in [0.25, 0.3) is 0 Å². The van der Waals surface area contributed by atoms with Crippen molar-refractivity contribution in [1.29, 1.82) is 0 Å². The summed E-state index contributed by atoms with van der Waals surface area (Å²) in [6.45, 7) is 5.28. The van der Waals surface area contributed by atoms with E-state index >= 15 is 0 Å². The van der Waals surface area contributed by atoms with Gasteiger partial charge in [0.15, 0.2) is 0 Å². The van der Waals surface area contributed by atoms with Crippen LogP contribution in [-0.4, -0.2) is 32.8 Å². The Bertz CT molecular complexity index is 858. The largest absolute Gasteiger partial charge is 0.469 e. The first-order valence-corrected chi connectivity index (χ1v) is 9.74. The van der Waals surface area contributed by atoms with Gasteiger partial charge < -0.3 is 4.74 Å². The minimum Gasteiger partial charge on any atom is -0.469 e. The summed E-state index contributed by atoms with van der Waals surface area (Å²) in [4.78, 5) is 12.6. The van der Waals surface area contributed by atoms with Gasteiger partial charge >= 0.3 is 5.97 Å². The average molecular weight is 375 g/mol. The molecule has 0 saturated heterocycles. The lowest BCUT2D eigenvalue weighted by atomic mass is 9.80. The summed E-state index contributed by atoms with van der Waals surface area (Å²) in [6, 6.07) is 15.1. The highest BCUT2D eigenvalue weighted by molar-refractivity contribution is 7.89. The second-order valence-corrected chi connectivity index (χ2v) is 8.86. The number of hydrogen-bond donors (Lipinski definition) is 0. The van der Waals surface area contributed by atoms with Crippen molar-refractivity contribution in [2.45, 2.75) is 31.7 Å². The number of benzene rings is 2. The van der Waals surface area contributed by atoms with Crippen molar-refractivity contribution < 1.29 is 17.9 Å². The molecule has 0 heterocycles. The monoisotopic (exact) mass is 375 g/mol. The average Bonchev–Trinajstić information content (AvgIpc) is 2.62. The highest BCUT2D eigenvalue weighted by Crippen LogP contribution is 2.41. The van der Waals surface area contributed by atoms with Gasteiger partial charge in [0.1, 0.15) is 0 Å². The number of carbonyl (C=O) groups excluding carboxylic acids is 1. The Morgan fingerprint density at radius 3 is 2.08 bits per heavy atom. The van der Waals surface area contributed by atoms with Crippen LogP contribution in [0.1, 0.15) is 31.0 Å². The van der Waals surface area contributed by atoms with E-state index in [0.717, 1.165) is 11.1 Å². The van der Waals surface area contributed by atoms with Crippen LogP contribution in [0.2, 0.25) is 0 Å². The number of nitrogens with zero attached hydrogens (tertiary/aromatic N) is 1. The van der Waals surface area contributed by atoms with Crippen LogP contribution in [0, 0.1) is 12.3 Å². The number of carbonyl (C=O) groups is 1. The van der Waals surface area contributed by atoms with Crippen molar-refractivity contribution in [2.75, 3.05) is 14.2 Å².